The number of nitrogens with zero attached hydrogens (tertiary/aromatic N) is 6. The van der Waals surface area contributed by atoms with Gasteiger partial charge in [0.25, 0.3) is 0 Å². The van der Waals surface area contributed by atoms with Crippen molar-refractivity contribution in [2.75, 3.05) is 36.5 Å². The van der Waals surface area contributed by atoms with Gasteiger partial charge in [-0.15, -0.1) is 0 Å². The topological polar surface area (TPSA) is 149 Å². The number of amides is 1. The molecule has 0 radical (unpaired) electrons. The van der Waals surface area contributed by atoms with E-state index in [2.05, 4.69) is 20.2 Å². The zero-order chi connectivity index (χ0) is 33.2. The number of benzene rings is 2. The maximum absolute atomic E-state index is 13.4. The Hall–Kier alpha value is -5.08. The van der Waals surface area contributed by atoms with E-state index in [9.17, 15) is 17.6 Å². The average Bonchev–Trinajstić information content (AvgIpc) is 3.04. The summed E-state index contributed by atoms with van der Waals surface area (Å²) in [5, 5.41) is 2.52. The summed E-state index contributed by atoms with van der Waals surface area (Å²) < 4.78 is 50.2. The molecule has 0 aliphatic carbocycles. The predicted octanol–water partition coefficient (Wildman–Crippen LogP) is 5.45. The van der Waals surface area contributed by atoms with Crippen LogP contribution in [-0.4, -0.2) is 71.3 Å². The molecule has 0 saturated carbocycles. The Morgan fingerprint density at radius 2 is 1.64 bits per heavy atom. The van der Waals surface area contributed by atoms with Crippen LogP contribution in [0.2, 0.25) is 0 Å². The van der Waals surface area contributed by atoms with Crippen LogP contribution in [0.5, 0.6) is 0 Å². The number of sulfone groups is 1. The molecule has 1 saturated heterocycles. The van der Waals surface area contributed by atoms with Crippen molar-refractivity contribution in [2.45, 2.75) is 37.0 Å². The molecule has 4 heterocycles. The van der Waals surface area contributed by atoms with E-state index < -0.39 is 27.3 Å². The van der Waals surface area contributed by atoms with Crippen LogP contribution in [0.15, 0.2) is 78.1 Å². The molecule has 242 valence electrons. The van der Waals surface area contributed by atoms with Crippen molar-refractivity contribution in [3.05, 3.63) is 84.6 Å². The number of hydrogen-bond acceptors (Lipinski definition) is 11. The van der Waals surface area contributed by atoms with Crippen LogP contribution in [0.25, 0.3) is 33.5 Å². The Morgan fingerprint density at radius 1 is 0.936 bits per heavy atom. The molecule has 1 fully saturated rings. The van der Waals surface area contributed by atoms with Crippen molar-refractivity contribution in [2.24, 2.45) is 0 Å². The summed E-state index contributed by atoms with van der Waals surface area (Å²) in [5.41, 5.74) is 3.06. The fraction of sp³-hybridized carbons (Fsp3) is 0.273. The number of anilines is 2. The van der Waals surface area contributed by atoms with Crippen molar-refractivity contribution in [1.29, 1.82) is 0 Å². The number of ether oxygens (including phenoxy) is 2. The second-order valence-electron chi connectivity index (χ2n) is 11.9. The molecule has 5 aromatic rings. The van der Waals surface area contributed by atoms with E-state index in [-0.39, 0.29) is 16.6 Å². The van der Waals surface area contributed by atoms with Gasteiger partial charge in [-0.1, -0.05) is 24.3 Å². The molecule has 12 nitrogen and oxygen atoms in total. The minimum atomic E-state index is -3.70. The summed E-state index contributed by atoms with van der Waals surface area (Å²) in [4.78, 5) is 37.2. The van der Waals surface area contributed by atoms with Crippen LogP contribution in [0, 0.1) is 5.82 Å². The number of morpholine rings is 1. The lowest BCUT2D eigenvalue weighted by molar-refractivity contribution is 0.0634. The van der Waals surface area contributed by atoms with Crippen LogP contribution >= 0.6 is 0 Å². The summed E-state index contributed by atoms with van der Waals surface area (Å²) in [5.74, 6) is 0.316. The predicted molar refractivity (Wildman–Crippen MR) is 174 cm³/mol. The summed E-state index contributed by atoms with van der Waals surface area (Å²) in [6.07, 6.45) is 4.08. The van der Waals surface area contributed by atoms with Crippen molar-refractivity contribution >= 4 is 38.7 Å². The smallest absolute Gasteiger partial charge is 0.414 e. The van der Waals surface area contributed by atoms with Gasteiger partial charge < -0.3 is 14.4 Å². The normalized spacial score (nSPS) is 13.8. The molecule has 1 amide bonds. The second-order valence-corrected chi connectivity index (χ2v) is 13.9. The number of carbonyl (C=O) groups is 1. The molecule has 1 N–H and O–H groups in total. The average molecular weight is 658 g/mol. The Bertz CT molecular complexity index is 2030. The maximum atomic E-state index is 13.4. The quantitative estimate of drug-likeness (QED) is 0.223. The first kappa shape index (κ1) is 31.9. The number of rotatable bonds is 7. The zero-order valence-corrected chi connectivity index (χ0v) is 26.8. The van der Waals surface area contributed by atoms with Crippen molar-refractivity contribution in [1.82, 2.24) is 24.9 Å². The lowest BCUT2D eigenvalue weighted by Gasteiger charge is -2.28. The number of aromatic nitrogens is 5. The molecule has 0 unspecified atom stereocenters. The van der Waals surface area contributed by atoms with Gasteiger partial charge in [-0.3, -0.25) is 10.3 Å². The Labute approximate surface area is 271 Å². The first-order chi connectivity index (χ1) is 22.4. The number of fused-ring (bicyclic) bond motifs is 1. The summed E-state index contributed by atoms with van der Waals surface area (Å²) in [7, 11) is -3.70. The number of pyridine rings is 1. The molecule has 47 heavy (non-hydrogen) atoms. The summed E-state index contributed by atoms with van der Waals surface area (Å²) >= 11 is 0. The molecule has 1 aliphatic rings. The minimum Gasteiger partial charge on any atom is -0.444 e. The Morgan fingerprint density at radius 3 is 2.34 bits per heavy atom. The SMILES string of the molecule is CC(C)(C)OC(=O)Nc1ncc(-c2nc(N3CCOCC3)c3ncc(-c4cccc(CS(=O)(=O)c5ccc(F)cc5)c4)cc3n2)cn1. The molecule has 2 aromatic carbocycles. The van der Waals surface area contributed by atoms with Gasteiger partial charge in [0.05, 0.1) is 34.9 Å². The van der Waals surface area contributed by atoms with Crippen molar-refractivity contribution in [3.63, 3.8) is 0 Å². The highest BCUT2D eigenvalue weighted by atomic mass is 32.2. The first-order valence-corrected chi connectivity index (χ1v) is 16.5. The molecule has 1 aliphatic heterocycles. The lowest BCUT2D eigenvalue weighted by Crippen LogP contribution is -2.37. The maximum Gasteiger partial charge on any atom is 0.414 e. The summed E-state index contributed by atoms with van der Waals surface area (Å²) in [6, 6.07) is 13.8. The van der Waals surface area contributed by atoms with Gasteiger partial charge in [0.1, 0.15) is 16.9 Å². The van der Waals surface area contributed by atoms with Crippen molar-refractivity contribution in [3.8, 4) is 22.5 Å². The molecule has 14 heteroatoms. The number of nitrogens with one attached hydrogen (secondary N) is 1. The van der Waals surface area contributed by atoms with Gasteiger partial charge >= 0.3 is 6.09 Å². The van der Waals surface area contributed by atoms with Gasteiger partial charge in [-0.2, -0.15) is 0 Å². The van der Waals surface area contributed by atoms with Gasteiger partial charge in [-0.25, -0.2) is 37.5 Å². The molecular weight excluding hydrogens is 625 g/mol. The van der Waals surface area contributed by atoms with Crippen molar-refractivity contribution < 1.29 is 27.1 Å². The standard InChI is InChI=1S/C33H32FN7O5S/c1-33(2,3)46-32(42)40-31-36-18-24(19-37-31)29-38-27-16-23(17-35-28(27)30(39-29)41-11-13-45-14-12-41)22-6-4-5-21(15-22)20-47(43,44)26-9-7-25(34)8-10-26/h4-10,15-19H,11-14,20H2,1-3H3,(H,36,37,40,42). The van der Waals surface area contributed by atoms with Gasteiger partial charge in [0.2, 0.25) is 5.95 Å². The molecule has 0 spiro atoms. The lowest BCUT2D eigenvalue weighted by atomic mass is 10.0. The first-order valence-electron chi connectivity index (χ1n) is 14.8. The second kappa shape index (κ2) is 13.0. The van der Waals surface area contributed by atoms with Crippen LogP contribution in [-0.2, 0) is 25.1 Å². The van der Waals surface area contributed by atoms with E-state index in [0.29, 0.717) is 60.1 Å². The largest absolute Gasteiger partial charge is 0.444 e. The van der Waals surface area contributed by atoms with E-state index in [1.54, 1.807) is 45.2 Å². The molecule has 6 rings (SSSR count). The van der Waals surface area contributed by atoms with E-state index in [1.807, 2.05) is 12.1 Å². The van der Waals surface area contributed by atoms with Crippen LogP contribution in [0.1, 0.15) is 26.3 Å². The van der Waals surface area contributed by atoms with Crippen LogP contribution in [0.4, 0.5) is 21.0 Å². The highest BCUT2D eigenvalue weighted by Crippen LogP contribution is 2.30. The van der Waals surface area contributed by atoms with E-state index in [4.69, 9.17) is 24.4 Å². The van der Waals surface area contributed by atoms with Gasteiger partial charge in [0.15, 0.2) is 21.5 Å². The third-order valence-corrected chi connectivity index (χ3v) is 8.84. The highest BCUT2D eigenvalue weighted by molar-refractivity contribution is 7.90. The fourth-order valence-electron chi connectivity index (χ4n) is 4.97. The minimum absolute atomic E-state index is 0.0502. The summed E-state index contributed by atoms with van der Waals surface area (Å²) in [6.45, 7) is 7.61. The fourth-order valence-corrected chi connectivity index (χ4v) is 6.31. The Balaban J connectivity index is 1.33. The molecule has 3 aromatic heterocycles. The van der Waals surface area contributed by atoms with Gasteiger partial charge in [-0.05, 0) is 62.2 Å². The van der Waals surface area contributed by atoms with E-state index >= 15 is 0 Å². The zero-order valence-electron chi connectivity index (χ0n) is 26.0. The van der Waals surface area contributed by atoms with Gasteiger partial charge in [0, 0.05) is 37.2 Å². The Kier molecular flexibility index (Phi) is 8.80. The molecular formula is C33H32FN7O5S. The third kappa shape index (κ3) is 7.67. The third-order valence-electron chi connectivity index (χ3n) is 7.14. The molecule has 0 atom stereocenters. The monoisotopic (exact) mass is 657 g/mol. The number of halogens is 1. The van der Waals surface area contributed by atoms with E-state index in [1.165, 1.54) is 24.5 Å². The molecule has 0 bridgehead atoms. The number of carbonyl (C=O) groups excluding carboxylic acids is 1. The van der Waals surface area contributed by atoms with E-state index in [0.717, 1.165) is 23.3 Å². The van der Waals surface area contributed by atoms with Crippen LogP contribution < -0.4 is 10.2 Å². The highest BCUT2D eigenvalue weighted by Gasteiger charge is 2.21. The number of hydrogen-bond donors (Lipinski definition) is 1. The van der Waals surface area contributed by atoms with Crippen LogP contribution in [0.3, 0.4) is 0 Å².